The van der Waals surface area contributed by atoms with Crippen LogP contribution >= 0.6 is 12.4 Å². The SMILES string of the molecule is CCCCCCCCCCCCNCCNCCN.Cl. The first-order valence-electron chi connectivity index (χ1n) is 8.53. The van der Waals surface area contributed by atoms with Crippen LogP contribution in [0.2, 0.25) is 0 Å². The minimum Gasteiger partial charge on any atom is -0.329 e. The quantitative estimate of drug-likeness (QED) is 0.383. The van der Waals surface area contributed by atoms with E-state index in [1.807, 2.05) is 0 Å². The van der Waals surface area contributed by atoms with Crippen LogP contribution in [0.25, 0.3) is 0 Å². The van der Waals surface area contributed by atoms with Crippen molar-refractivity contribution >= 4 is 12.4 Å². The Balaban J connectivity index is 0. The van der Waals surface area contributed by atoms with Crippen LogP contribution in [-0.2, 0) is 0 Å². The number of hydrogen-bond acceptors (Lipinski definition) is 3. The molecule has 0 saturated heterocycles. The Labute approximate surface area is 133 Å². The Morgan fingerprint density at radius 1 is 0.600 bits per heavy atom. The summed E-state index contributed by atoms with van der Waals surface area (Å²) in [5.74, 6) is 0. The predicted octanol–water partition coefficient (Wildman–Crippen LogP) is 3.47. The van der Waals surface area contributed by atoms with Gasteiger partial charge in [-0.2, -0.15) is 0 Å². The van der Waals surface area contributed by atoms with Gasteiger partial charge in [0.25, 0.3) is 0 Å². The smallest absolute Gasteiger partial charge is 0.00772 e. The van der Waals surface area contributed by atoms with Gasteiger partial charge in [0.2, 0.25) is 0 Å². The maximum Gasteiger partial charge on any atom is 0.00772 e. The van der Waals surface area contributed by atoms with Crippen LogP contribution in [0.5, 0.6) is 0 Å². The van der Waals surface area contributed by atoms with E-state index >= 15 is 0 Å². The molecule has 0 amide bonds. The summed E-state index contributed by atoms with van der Waals surface area (Å²) >= 11 is 0. The Hall–Kier alpha value is 0.170. The van der Waals surface area contributed by atoms with Crippen LogP contribution in [0, 0.1) is 0 Å². The van der Waals surface area contributed by atoms with Gasteiger partial charge in [-0.15, -0.1) is 12.4 Å². The van der Waals surface area contributed by atoms with Crippen molar-refractivity contribution in [2.24, 2.45) is 5.73 Å². The molecule has 0 heterocycles. The van der Waals surface area contributed by atoms with Gasteiger partial charge in [-0.25, -0.2) is 0 Å². The van der Waals surface area contributed by atoms with Crippen molar-refractivity contribution in [2.45, 2.75) is 71.1 Å². The van der Waals surface area contributed by atoms with Gasteiger partial charge in [-0.3, -0.25) is 0 Å². The van der Waals surface area contributed by atoms with Gasteiger partial charge < -0.3 is 16.4 Å². The highest BCUT2D eigenvalue weighted by Crippen LogP contribution is 2.10. The third kappa shape index (κ3) is 20.5. The second kappa shape index (κ2) is 21.5. The summed E-state index contributed by atoms with van der Waals surface area (Å²) in [6.07, 6.45) is 14.1. The Bertz CT molecular complexity index is 141. The van der Waals surface area contributed by atoms with Gasteiger partial charge in [0.05, 0.1) is 0 Å². The monoisotopic (exact) mass is 307 g/mol. The van der Waals surface area contributed by atoms with Gasteiger partial charge in [0.1, 0.15) is 0 Å². The molecule has 0 rings (SSSR count). The normalized spacial score (nSPS) is 10.5. The van der Waals surface area contributed by atoms with Crippen molar-refractivity contribution in [3.8, 4) is 0 Å². The van der Waals surface area contributed by atoms with Crippen LogP contribution in [0.1, 0.15) is 71.1 Å². The molecular formula is C16H38ClN3. The topological polar surface area (TPSA) is 50.1 Å². The van der Waals surface area contributed by atoms with Crippen molar-refractivity contribution < 1.29 is 0 Å². The maximum atomic E-state index is 5.40. The molecule has 0 aromatic rings. The van der Waals surface area contributed by atoms with E-state index in [4.69, 9.17) is 5.73 Å². The van der Waals surface area contributed by atoms with E-state index in [0.717, 1.165) is 26.2 Å². The number of rotatable bonds is 16. The van der Waals surface area contributed by atoms with Gasteiger partial charge >= 0.3 is 0 Å². The first kappa shape index (κ1) is 22.5. The van der Waals surface area contributed by atoms with E-state index in [2.05, 4.69) is 17.6 Å². The first-order valence-corrected chi connectivity index (χ1v) is 8.53. The molecule has 20 heavy (non-hydrogen) atoms. The Kier molecular flexibility index (Phi) is 24.1. The zero-order valence-electron chi connectivity index (χ0n) is 13.6. The zero-order chi connectivity index (χ0) is 14.0. The highest BCUT2D eigenvalue weighted by molar-refractivity contribution is 5.85. The molecule has 0 aliphatic rings. The second-order valence-electron chi connectivity index (χ2n) is 5.47. The Morgan fingerprint density at radius 3 is 1.55 bits per heavy atom. The number of unbranched alkanes of at least 4 members (excludes halogenated alkanes) is 9. The molecule has 0 unspecified atom stereocenters. The van der Waals surface area contributed by atoms with Gasteiger partial charge in [0, 0.05) is 26.2 Å². The summed E-state index contributed by atoms with van der Waals surface area (Å²) < 4.78 is 0. The van der Waals surface area contributed by atoms with E-state index in [1.54, 1.807) is 0 Å². The predicted molar refractivity (Wildman–Crippen MR) is 93.9 cm³/mol. The van der Waals surface area contributed by atoms with Crippen molar-refractivity contribution in [2.75, 3.05) is 32.7 Å². The summed E-state index contributed by atoms with van der Waals surface area (Å²) in [5, 5.41) is 6.75. The van der Waals surface area contributed by atoms with Crippen LogP contribution in [0.4, 0.5) is 0 Å². The van der Waals surface area contributed by atoms with E-state index in [9.17, 15) is 0 Å². The average Bonchev–Trinajstić information content (AvgIpc) is 2.43. The number of nitrogens with one attached hydrogen (secondary N) is 2. The van der Waals surface area contributed by atoms with Crippen LogP contribution < -0.4 is 16.4 Å². The largest absolute Gasteiger partial charge is 0.329 e. The molecule has 0 saturated carbocycles. The third-order valence-electron chi connectivity index (χ3n) is 3.51. The van der Waals surface area contributed by atoms with Gasteiger partial charge in [0.15, 0.2) is 0 Å². The molecule has 0 radical (unpaired) electrons. The fourth-order valence-electron chi connectivity index (χ4n) is 2.27. The van der Waals surface area contributed by atoms with E-state index in [1.165, 1.54) is 70.8 Å². The lowest BCUT2D eigenvalue weighted by Crippen LogP contribution is -2.31. The molecule has 4 heteroatoms. The summed E-state index contributed by atoms with van der Waals surface area (Å²) in [6, 6.07) is 0. The molecule has 0 aliphatic heterocycles. The minimum absolute atomic E-state index is 0. The van der Waals surface area contributed by atoms with Crippen molar-refractivity contribution in [1.29, 1.82) is 0 Å². The summed E-state index contributed by atoms with van der Waals surface area (Å²) in [6.45, 7) is 7.22. The lowest BCUT2D eigenvalue weighted by molar-refractivity contribution is 0.539. The molecule has 0 aliphatic carbocycles. The van der Waals surface area contributed by atoms with Gasteiger partial charge in [-0.05, 0) is 13.0 Å². The highest BCUT2D eigenvalue weighted by Gasteiger charge is 1.92. The molecule has 4 N–H and O–H groups in total. The van der Waals surface area contributed by atoms with Crippen LogP contribution in [-0.4, -0.2) is 32.7 Å². The third-order valence-corrected chi connectivity index (χ3v) is 3.51. The van der Waals surface area contributed by atoms with Crippen molar-refractivity contribution in [1.82, 2.24) is 10.6 Å². The van der Waals surface area contributed by atoms with Crippen LogP contribution in [0.15, 0.2) is 0 Å². The zero-order valence-corrected chi connectivity index (χ0v) is 14.4. The fourth-order valence-corrected chi connectivity index (χ4v) is 2.27. The summed E-state index contributed by atoms with van der Waals surface area (Å²) in [7, 11) is 0. The first-order chi connectivity index (χ1) is 9.41. The van der Waals surface area contributed by atoms with Crippen LogP contribution in [0.3, 0.4) is 0 Å². The fraction of sp³-hybridized carbons (Fsp3) is 1.00. The van der Waals surface area contributed by atoms with E-state index < -0.39 is 0 Å². The molecule has 3 nitrogen and oxygen atoms in total. The number of hydrogen-bond donors (Lipinski definition) is 3. The lowest BCUT2D eigenvalue weighted by Gasteiger charge is -2.06. The van der Waals surface area contributed by atoms with Crippen molar-refractivity contribution in [3.63, 3.8) is 0 Å². The number of halogens is 1. The Morgan fingerprint density at radius 2 is 1.05 bits per heavy atom. The molecule has 0 aromatic heterocycles. The maximum absolute atomic E-state index is 5.40. The second-order valence-corrected chi connectivity index (χ2v) is 5.47. The minimum atomic E-state index is 0. The molecule has 0 fully saturated rings. The summed E-state index contributed by atoms with van der Waals surface area (Å²) in [5.41, 5.74) is 5.40. The molecule has 0 spiro atoms. The average molecular weight is 308 g/mol. The molecule has 124 valence electrons. The molecule has 0 aromatic carbocycles. The van der Waals surface area contributed by atoms with Gasteiger partial charge in [-0.1, -0.05) is 64.7 Å². The summed E-state index contributed by atoms with van der Waals surface area (Å²) in [4.78, 5) is 0. The molecule has 0 bridgehead atoms. The molecular weight excluding hydrogens is 270 g/mol. The van der Waals surface area contributed by atoms with Crippen molar-refractivity contribution in [3.05, 3.63) is 0 Å². The van der Waals surface area contributed by atoms with E-state index in [0.29, 0.717) is 0 Å². The molecule has 0 atom stereocenters. The number of nitrogens with two attached hydrogens (primary N) is 1. The highest BCUT2D eigenvalue weighted by atomic mass is 35.5. The van der Waals surface area contributed by atoms with E-state index in [-0.39, 0.29) is 12.4 Å². The standard InChI is InChI=1S/C16H37N3.ClH/c1-2-3-4-5-6-7-8-9-10-11-13-18-15-16-19-14-12-17;/h18-19H,2-17H2,1H3;1H. The lowest BCUT2D eigenvalue weighted by atomic mass is 10.1.